The molecule has 0 unspecified atom stereocenters. The van der Waals surface area contributed by atoms with E-state index in [2.05, 4.69) is 15.7 Å². The number of hydrogen-bond acceptors (Lipinski definition) is 4. The van der Waals surface area contributed by atoms with Crippen LogP contribution in [0.1, 0.15) is 48.0 Å². The summed E-state index contributed by atoms with van der Waals surface area (Å²) in [7, 11) is 0. The summed E-state index contributed by atoms with van der Waals surface area (Å²) < 4.78 is 7.11. The van der Waals surface area contributed by atoms with Gasteiger partial charge in [0.05, 0.1) is 17.9 Å². The molecule has 2 aromatic rings. The monoisotopic (exact) mass is 344 g/mol. The predicted molar refractivity (Wildman–Crippen MR) is 96.1 cm³/mol. The first kappa shape index (κ1) is 18.5. The van der Waals surface area contributed by atoms with E-state index in [1.165, 1.54) is 0 Å². The molecule has 1 aromatic carbocycles. The van der Waals surface area contributed by atoms with E-state index in [0.29, 0.717) is 36.7 Å². The summed E-state index contributed by atoms with van der Waals surface area (Å²) in [6, 6.07) is 6.99. The van der Waals surface area contributed by atoms with Gasteiger partial charge in [-0.3, -0.25) is 14.3 Å². The highest BCUT2D eigenvalue weighted by atomic mass is 16.5. The average molecular weight is 344 g/mol. The number of carbonyl (C=O) groups is 2. The number of carbonyl (C=O) groups excluding carboxylic acids is 2. The van der Waals surface area contributed by atoms with Gasteiger partial charge >= 0.3 is 0 Å². The van der Waals surface area contributed by atoms with Crippen LogP contribution in [-0.4, -0.2) is 34.7 Å². The Morgan fingerprint density at radius 2 is 1.92 bits per heavy atom. The van der Waals surface area contributed by atoms with E-state index in [-0.39, 0.29) is 17.5 Å². The van der Waals surface area contributed by atoms with E-state index >= 15 is 0 Å². The standard InChI is InChI=1S/C18H24N4O3/c1-4-11-19-18(24)16-14(12-22(5-2)21-16)20-17(23)13-9-7-8-10-15(13)25-6-3/h7-10,12H,4-6,11H2,1-3H3,(H,19,24)(H,20,23). The van der Waals surface area contributed by atoms with Crippen molar-refractivity contribution in [2.24, 2.45) is 0 Å². The minimum absolute atomic E-state index is 0.206. The van der Waals surface area contributed by atoms with Crippen LogP contribution in [0, 0.1) is 0 Å². The number of nitrogens with one attached hydrogen (secondary N) is 2. The van der Waals surface area contributed by atoms with Crippen LogP contribution in [0.5, 0.6) is 5.75 Å². The summed E-state index contributed by atoms with van der Waals surface area (Å²) in [6.07, 6.45) is 2.48. The Morgan fingerprint density at radius 3 is 2.60 bits per heavy atom. The lowest BCUT2D eigenvalue weighted by Gasteiger charge is -2.10. The Labute approximate surface area is 147 Å². The number of benzene rings is 1. The molecule has 1 aromatic heterocycles. The highest BCUT2D eigenvalue weighted by molar-refractivity contribution is 6.09. The van der Waals surface area contributed by atoms with Gasteiger partial charge < -0.3 is 15.4 Å². The van der Waals surface area contributed by atoms with Crippen molar-refractivity contribution in [3.63, 3.8) is 0 Å². The number of rotatable bonds is 8. The van der Waals surface area contributed by atoms with Crippen LogP contribution >= 0.6 is 0 Å². The van der Waals surface area contributed by atoms with Crippen LogP contribution in [0.25, 0.3) is 0 Å². The van der Waals surface area contributed by atoms with Crippen molar-refractivity contribution < 1.29 is 14.3 Å². The molecule has 1 heterocycles. The van der Waals surface area contributed by atoms with E-state index < -0.39 is 0 Å². The van der Waals surface area contributed by atoms with Crippen molar-refractivity contribution in [2.75, 3.05) is 18.5 Å². The minimum Gasteiger partial charge on any atom is -0.493 e. The second kappa shape index (κ2) is 8.86. The van der Waals surface area contributed by atoms with Gasteiger partial charge in [-0.2, -0.15) is 5.10 Å². The molecule has 0 atom stereocenters. The van der Waals surface area contributed by atoms with E-state index in [1.807, 2.05) is 20.8 Å². The Kier molecular flexibility index (Phi) is 6.56. The van der Waals surface area contributed by atoms with Crippen LogP contribution in [0.3, 0.4) is 0 Å². The number of aromatic nitrogens is 2. The molecule has 0 bridgehead atoms. The first-order chi connectivity index (χ1) is 12.1. The molecule has 0 radical (unpaired) electrons. The highest BCUT2D eigenvalue weighted by Gasteiger charge is 2.20. The Balaban J connectivity index is 2.26. The minimum atomic E-state index is -0.343. The predicted octanol–water partition coefficient (Wildman–Crippen LogP) is 2.69. The third-order valence-corrected chi connectivity index (χ3v) is 3.52. The summed E-state index contributed by atoms with van der Waals surface area (Å²) in [5.41, 5.74) is 0.998. The Hall–Kier alpha value is -2.83. The normalized spacial score (nSPS) is 10.4. The van der Waals surface area contributed by atoms with E-state index in [9.17, 15) is 9.59 Å². The van der Waals surface area contributed by atoms with Gasteiger partial charge in [0.2, 0.25) is 0 Å². The molecular weight excluding hydrogens is 320 g/mol. The van der Waals surface area contributed by atoms with Gasteiger partial charge in [-0.15, -0.1) is 0 Å². The van der Waals surface area contributed by atoms with E-state index in [1.54, 1.807) is 35.1 Å². The maximum Gasteiger partial charge on any atom is 0.273 e. The molecule has 134 valence electrons. The molecule has 7 heteroatoms. The number of hydrogen-bond donors (Lipinski definition) is 2. The fourth-order valence-electron chi connectivity index (χ4n) is 2.29. The van der Waals surface area contributed by atoms with Crippen molar-refractivity contribution in [2.45, 2.75) is 33.7 Å². The molecule has 2 N–H and O–H groups in total. The smallest absolute Gasteiger partial charge is 0.273 e. The van der Waals surface area contributed by atoms with Crippen LogP contribution in [0.15, 0.2) is 30.5 Å². The molecule has 2 rings (SSSR count). The molecule has 0 fully saturated rings. The molecule has 0 aliphatic heterocycles. The summed E-state index contributed by atoms with van der Waals surface area (Å²) in [4.78, 5) is 24.9. The fourth-order valence-corrected chi connectivity index (χ4v) is 2.29. The Bertz CT molecular complexity index is 740. The maximum absolute atomic E-state index is 12.6. The van der Waals surface area contributed by atoms with Gasteiger partial charge in [0.25, 0.3) is 11.8 Å². The molecule has 7 nitrogen and oxygen atoms in total. The number of amides is 2. The van der Waals surface area contributed by atoms with Crippen LogP contribution in [0.4, 0.5) is 5.69 Å². The molecule has 0 saturated heterocycles. The number of aryl methyl sites for hydroxylation is 1. The SMILES string of the molecule is CCCNC(=O)c1nn(CC)cc1NC(=O)c1ccccc1OCC. The van der Waals surface area contributed by atoms with Crippen molar-refractivity contribution in [1.82, 2.24) is 15.1 Å². The van der Waals surface area contributed by atoms with Gasteiger partial charge in [-0.25, -0.2) is 0 Å². The van der Waals surface area contributed by atoms with Crippen molar-refractivity contribution in [3.8, 4) is 5.75 Å². The zero-order valence-corrected chi connectivity index (χ0v) is 14.8. The van der Waals surface area contributed by atoms with Gasteiger partial charge in [0.15, 0.2) is 5.69 Å². The number of nitrogens with zero attached hydrogens (tertiary/aromatic N) is 2. The van der Waals surface area contributed by atoms with E-state index in [4.69, 9.17) is 4.74 Å². The zero-order chi connectivity index (χ0) is 18.2. The third kappa shape index (κ3) is 4.59. The van der Waals surface area contributed by atoms with Crippen molar-refractivity contribution in [1.29, 1.82) is 0 Å². The topological polar surface area (TPSA) is 85.3 Å². The van der Waals surface area contributed by atoms with Gasteiger partial charge in [-0.05, 0) is 32.4 Å². The summed E-state index contributed by atoms with van der Waals surface area (Å²) in [5, 5.41) is 9.80. The first-order valence-electron chi connectivity index (χ1n) is 8.49. The lowest BCUT2D eigenvalue weighted by Crippen LogP contribution is -2.26. The average Bonchev–Trinajstić information content (AvgIpc) is 3.03. The van der Waals surface area contributed by atoms with Crippen LogP contribution < -0.4 is 15.4 Å². The zero-order valence-electron chi connectivity index (χ0n) is 14.8. The molecular formula is C18H24N4O3. The van der Waals surface area contributed by atoms with Crippen molar-refractivity contribution in [3.05, 3.63) is 41.7 Å². The quantitative estimate of drug-likeness (QED) is 0.771. The Morgan fingerprint density at radius 1 is 1.16 bits per heavy atom. The maximum atomic E-state index is 12.6. The van der Waals surface area contributed by atoms with Crippen molar-refractivity contribution >= 4 is 17.5 Å². The number of ether oxygens (including phenoxy) is 1. The first-order valence-corrected chi connectivity index (χ1v) is 8.49. The summed E-state index contributed by atoms with van der Waals surface area (Å²) >= 11 is 0. The van der Waals surface area contributed by atoms with Gasteiger partial charge in [0.1, 0.15) is 5.75 Å². The number of anilines is 1. The lowest BCUT2D eigenvalue weighted by molar-refractivity contribution is 0.0948. The lowest BCUT2D eigenvalue weighted by atomic mass is 10.2. The molecule has 0 aliphatic carbocycles. The fraction of sp³-hybridized carbons (Fsp3) is 0.389. The molecule has 2 amide bonds. The van der Waals surface area contributed by atoms with E-state index in [0.717, 1.165) is 6.42 Å². The van der Waals surface area contributed by atoms with Crippen LogP contribution in [0.2, 0.25) is 0 Å². The number of para-hydroxylation sites is 1. The van der Waals surface area contributed by atoms with Crippen LogP contribution in [-0.2, 0) is 6.54 Å². The van der Waals surface area contributed by atoms with Gasteiger partial charge in [-0.1, -0.05) is 19.1 Å². The second-order valence-corrected chi connectivity index (χ2v) is 5.39. The van der Waals surface area contributed by atoms with Gasteiger partial charge in [0, 0.05) is 19.3 Å². The third-order valence-electron chi connectivity index (χ3n) is 3.52. The molecule has 25 heavy (non-hydrogen) atoms. The molecule has 0 spiro atoms. The second-order valence-electron chi connectivity index (χ2n) is 5.39. The largest absolute Gasteiger partial charge is 0.493 e. The summed E-state index contributed by atoms with van der Waals surface area (Å²) in [5.74, 6) is -0.144. The molecule has 0 aliphatic rings. The highest BCUT2D eigenvalue weighted by Crippen LogP contribution is 2.21. The summed E-state index contributed by atoms with van der Waals surface area (Å²) in [6.45, 7) is 7.35. The molecule has 0 saturated carbocycles.